The van der Waals surface area contributed by atoms with Crippen LogP contribution in [0.1, 0.15) is 12.6 Å². The smallest absolute Gasteiger partial charge is 0.252 e. The zero-order chi connectivity index (χ0) is 31.9. The van der Waals surface area contributed by atoms with Gasteiger partial charge in [-0.2, -0.15) is 0 Å². The van der Waals surface area contributed by atoms with Crippen molar-refractivity contribution in [1.82, 2.24) is 30.2 Å². The van der Waals surface area contributed by atoms with E-state index in [2.05, 4.69) is 25.6 Å². The number of hydrogen-bond acceptors (Lipinski definition) is 18. The predicted octanol–water partition coefficient (Wildman–Crippen LogP) is -7.36. The van der Waals surface area contributed by atoms with Gasteiger partial charge in [0.05, 0.1) is 30.6 Å². The first-order valence-electron chi connectivity index (χ1n) is 14.2. The highest BCUT2D eigenvalue weighted by Crippen LogP contribution is 2.32. The van der Waals surface area contributed by atoms with Gasteiger partial charge < -0.3 is 79.0 Å². The molecule has 2 aromatic rings. The second-order valence-corrected chi connectivity index (χ2v) is 11.3. The molecule has 2 aromatic heterocycles. The molecule has 2 aliphatic heterocycles. The molecule has 0 spiro atoms. The van der Waals surface area contributed by atoms with Crippen molar-refractivity contribution in [3.8, 4) is 0 Å². The number of hydrogen-bond donors (Lipinski definition) is 12. The summed E-state index contributed by atoms with van der Waals surface area (Å²) in [6.07, 6.45) is -9.74. The van der Waals surface area contributed by atoms with Crippen LogP contribution in [0.2, 0.25) is 0 Å². The zero-order valence-electron chi connectivity index (χ0n) is 23.6. The normalized spacial score (nSPS) is 41.2. The van der Waals surface area contributed by atoms with Gasteiger partial charge in [0.15, 0.2) is 30.1 Å². The molecule has 1 saturated carbocycles. The van der Waals surface area contributed by atoms with E-state index >= 15 is 0 Å². The average molecular weight is 628 g/mol. The summed E-state index contributed by atoms with van der Waals surface area (Å²) in [4.78, 5) is 25.0. The minimum Gasteiger partial charge on any atom is -0.390 e. The molecule has 5 rings (SSSR count). The zero-order valence-corrected chi connectivity index (χ0v) is 23.6. The van der Waals surface area contributed by atoms with Gasteiger partial charge in [0.1, 0.15) is 42.4 Å². The van der Waals surface area contributed by atoms with Crippen molar-refractivity contribution in [3.05, 3.63) is 12.7 Å². The lowest BCUT2D eigenvalue weighted by molar-refractivity contribution is -0.279. The maximum Gasteiger partial charge on any atom is 0.252 e. The third-order valence-corrected chi connectivity index (χ3v) is 8.36. The van der Waals surface area contributed by atoms with Gasteiger partial charge in [-0.15, -0.1) is 0 Å². The molecular weight excluding hydrogens is 586 g/mol. The van der Waals surface area contributed by atoms with Gasteiger partial charge in [0.25, 0.3) is 5.91 Å². The fraction of sp³-hybridized carbons (Fsp3) is 0.750. The molecule has 44 heavy (non-hydrogen) atoms. The van der Waals surface area contributed by atoms with E-state index in [-0.39, 0.29) is 43.0 Å². The quantitative estimate of drug-likeness (QED) is 0.115. The minimum absolute atomic E-state index is 0.00392. The Kier molecular flexibility index (Phi) is 9.91. The summed E-state index contributed by atoms with van der Waals surface area (Å²) in [7, 11) is 0. The van der Waals surface area contributed by atoms with Crippen molar-refractivity contribution in [1.29, 1.82) is 0 Å². The molecule has 3 fully saturated rings. The molecule has 1 aliphatic carbocycles. The van der Waals surface area contributed by atoms with Gasteiger partial charge in [-0.05, 0) is 6.42 Å². The van der Waals surface area contributed by atoms with Crippen molar-refractivity contribution in [2.75, 3.05) is 25.4 Å². The number of aliphatic hydroxyl groups is 5. The lowest BCUT2D eigenvalue weighted by Crippen LogP contribution is -2.70. The highest BCUT2D eigenvalue weighted by molar-refractivity contribution is 5.82. The molecule has 0 radical (unpaired) electrons. The number of aliphatic hydroxyl groups excluding tert-OH is 5. The van der Waals surface area contributed by atoms with Crippen molar-refractivity contribution >= 4 is 22.9 Å². The van der Waals surface area contributed by atoms with Crippen LogP contribution in [0.4, 0.5) is 5.82 Å². The molecule has 17 N–H and O–H groups in total. The van der Waals surface area contributed by atoms with Crippen LogP contribution in [0.15, 0.2) is 12.7 Å². The number of carbonyl (C=O) groups is 1. The van der Waals surface area contributed by atoms with Crippen LogP contribution >= 0.6 is 0 Å². The monoisotopic (exact) mass is 627 g/mol. The Morgan fingerprint density at radius 3 is 2.45 bits per heavy atom. The minimum atomic E-state index is -1.57. The van der Waals surface area contributed by atoms with Crippen LogP contribution in [0.5, 0.6) is 0 Å². The van der Waals surface area contributed by atoms with Gasteiger partial charge in [0, 0.05) is 31.7 Å². The van der Waals surface area contributed by atoms with E-state index in [0.29, 0.717) is 0 Å². The summed E-state index contributed by atoms with van der Waals surface area (Å²) in [6, 6.07) is -3.33. The number of amides is 1. The molecule has 3 aliphatic rings. The first-order chi connectivity index (χ1) is 20.9. The third-order valence-electron chi connectivity index (χ3n) is 8.36. The number of ether oxygens (including phenoxy) is 3. The van der Waals surface area contributed by atoms with E-state index in [1.165, 1.54) is 17.2 Å². The standard InChI is InChI=1S/C24H41N11O9/c25-4-9-14(37)15(38)10(28)24(42-9)44-18-8(27)3-7(26)13(36)11(18)30-1-2-31-22(41)19-16(39)17(40)23(43-19)35-6-34-12-20(29)32-5-33-21(12)35/h5-11,13-19,23-24,30,36-40H,1-4,25-28H2,(H,31,41)(H2,29,32,33)/t7-,8+,9-,10-,11+,13+,14-,15-,16+,17-,18-,19+,23-,24-/m1/s1. The first kappa shape index (κ1) is 32.7. The second kappa shape index (κ2) is 13.3. The van der Waals surface area contributed by atoms with E-state index in [0.717, 1.165) is 0 Å². The molecule has 20 heteroatoms. The van der Waals surface area contributed by atoms with Gasteiger partial charge in [-0.25, -0.2) is 15.0 Å². The number of nitrogens with zero attached hydrogens (tertiary/aromatic N) is 4. The molecule has 0 bridgehead atoms. The number of nitrogen functional groups attached to an aromatic ring is 1. The van der Waals surface area contributed by atoms with Gasteiger partial charge in [-0.1, -0.05) is 0 Å². The summed E-state index contributed by atoms with van der Waals surface area (Å²) in [6.45, 7) is -0.00624. The summed E-state index contributed by atoms with van der Waals surface area (Å²) in [5.41, 5.74) is 30.4. The Balaban J connectivity index is 1.18. The molecule has 14 atom stereocenters. The summed E-state index contributed by atoms with van der Waals surface area (Å²) >= 11 is 0. The number of rotatable bonds is 9. The average Bonchev–Trinajstić information content (AvgIpc) is 3.56. The number of aromatic nitrogens is 4. The Labute approximate surface area is 250 Å². The first-order valence-corrected chi connectivity index (χ1v) is 14.2. The second-order valence-electron chi connectivity index (χ2n) is 11.3. The molecule has 2 saturated heterocycles. The summed E-state index contributed by atoms with van der Waals surface area (Å²) < 4.78 is 18.8. The number of fused-ring (bicyclic) bond motifs is 1. The fourth-order valence-electron chi connectivity index (χ4n) is 5.85. The molecule has 1 amide bonds. The van der Waals surface area contributed by atoms with Gasteiger partial charge in [0.2, 0.25) is 0 Å². The van der Waals surface area contributed by atoms with Crippen LogP contribution in [0.25, 0.3) is 11.2 Å². The van der Waals surface area contributed by atoms with Crippen molar-refractivity contribution < 1.29 is 44.5 Å². The molecule has 4 heterocycles. The number of nitrogens with one attached hydrogen (secondary N) is 2. The molecule has 20 nitrogen and oxygen atoms in total. The molecule has 246 valence electrons. The van der Waals surface area contributed by atoms with Crippen LogP contribution in [-0.4, -0.2) is 150 Å². The maximum absolute atomic E-state index is 12.9. The fourth-order valence-corrected chi connectivity index (χ4v) is 5.85. The summed E-state index contributed by atoms with van der Waals surface area (Å²) in [5.74, 6) is -0.585. The number of nitrogens with two attached hydrogens (primary N) is 5. The highest BCUT2D eigenvalue weighted by Gasteiger charge is 2.49. The van der Waals surface area contributed by atoms with E-state index < -0.39 is 91.4 Å². The molecule has 0 aromatic carbocycles. The lowest BCUT2D eigenvalue weighted by atomic mass is 9.82. The Morgan fingerprint density at radius 1 is 0.977 bits per heavy atom. The van der Waals surface area contributed by atoms with Crippen molar-refractivity contribution in [3.63, 3.8) is 0 Å². The van der Waals surface area contributed by atoms with E-state index in [1.807, 2.05) is 0 Å². The Hall–Kier alpha value is -2.70. The molecule has 0 unspecified atom stereocenters. The van der Waals surface area contributed by atoms with E-state index in [9.17, 15) is 30.3 Å². The van der Waals surface area contributed by atoms with Crippen LogP contribution in [-0.2, 0) is 19.0 Å². The molecular formula is C24H41N11O9. The highest BCUT2D eigenvalue weighted by atomic mass is 16.7. The lowest BCUT2D eigenvalue weighted by Gasteiger charge is -2.47. The van der Waals surface area contributed by atoms with E-state index in [1.54, 1.807) is 0 Å². The van der Waals surface area contributed by atoms with Gasteiger partial charge in [-0.3, -0.25) is 9.36 Å². The summed E-state index contributed by atoms with van der Waals surface area (Å²) in [5, 5.41) is 58.3. The number of carbonyl (C=O) groups excluding carboxylic acids is 1. The van der Waals surface area contributed by atoms with Gasteiger partial charge >= 0.3 is 0 Å². The van der Waals surface area contributed by atoms with E-state index in [4.69, 9.17) is 42.9 Å². The Bertz CT molecular complexity index is 1290. The Morgan fingerprint density at radius 2 is 1.73 bits per heavy atom. The number of anilines is 1. The van der Waals surface area contributed by atoms with Crippen LogP contribution < -0.4 is 39.3 Å². The maximum atomic E-state index is 12.9. The topological polar surface area (TPSA) is 344 Å². The largest absolute Gasteiger partial charge is 0.390 e. The predicted molar refractivity (Wildman–Crippen MR) is 150 cm³/mol. The third kappa shape index (κ3) is 6.09. The number of imidazole rings is 1. The van der Waals surface area contributed by atoms with Crippen molar-refractivity contribution in [2.45, 2.75) is 91.9 Å². The van der Waals surface area contributed by atoms with Crippen LogP contribution in [0, 0.1) is 0 Å². The van der Waals surface area contributed by atoms with Crippen LogP contribution in [0.3, 0.4) is 0 Å². The SMILES string of the molecule is NC[C@H]1O[C@H](O[C@H]2[C@@H](NCCNC(=O)[C@H]3O[C@@H](n4cnc5c(N)ncnc54)[C@H](O)[C@@H]3O)[C@@H](O)[C@H](N)C[C@@H]2N)[C@H](N)[C@@H](O)[C@@H]1O. The van der Waals surface area contributed by atoms with Crippen molar-refractivity contribution in [2.24, 2.45) is 22.9 Å².